The van der Waals surface area contributed by atoms with E-state index in [0.29, 0.717) is 5.82 Å². The van der Waals surface area contributed by atoms with Gasteiger partial charge < -0.3 is 15.5 Å². The summed E-state index contributed by atoms with van der Waals surface area (Å²) in [5.41, 5.74) is 3.55. The number of carbonyl (C=O) groups is 1. The van der Waals surface area contributed by atoms with Crippen LogP contribution in [0.4, 0.5) is 5.82 Å². The van der Waals surface area contributed by atoms with Crippen LogP contribution >= 0.6 is 0 Å². The van der Waals surface area contributed by atoms with Crippen LogP contribution in [0.25, 0.3) is 0 Å². The number of carbonyl (C=O) groups excluding carboxylic acids is 1. The van der Waals surface area contributed by atoms with Gasteiger partial charge in [0.05, 0.1) is 25.5 Å². The van der Waals surface area contributed by atoms with Crippen LogP contribution in [0.15, 0.2) is 36.7 Å². The Morgan fingerprint density at radius 3 is 2.48 bits per heavy atom. The predicted octanol–water partition coefficient (Wildman–Crippen LogP) is 1.26. The lowest BCUT2D eigenvalue weighted by molar-refractivity contribution is 0.0934. The van der Waals surface area contributed by atoms with Crippen LogP contribution in [0.5, 0.6) is 5.75 Å². The molecule has 21 heavy (non-hydrogen) atoms. The highest BCUT2D eigenvalue weighted by Crippen LogP contribution is 2.17. The van der Waals surface area contributed by atoms with E-state index < -0.39 is 0 Å². The SMILES string of the molecule is COc1ccc(C(C)NC(=O)c2cnc(NN)cn2)cc1. The molecule has 0 aliphatic rings. The summed E-state index contributed by atoms with van der Waals surface area (Å²) in [6.07, 6.45) is 2.76. The smallest absolute Gasteiger partial charge is 0.271 e. The fourth-order valence-electron chi connectivity index (χ4n) is 1.77. The average molecular weight is 287 g/mol. The molecule has 1 aromatic carbocycles. The molecule has 0 bridgehead atoms. The second-order valence-corrected chi connectivity index (χ2v) is 4.40. The number of hydrogen-bond acceptors (Lipinski definition) is 6. The lowest BCUT2D eigenvalue weighted by atomic mass is 10.1. The zero-order valence-electron chi connectivity index (χ0n) is 11.8. The monoisotopic (exact) mass is 287 g/mol. The number of nitrogen functional groups attached to an aromatic ring is 1. The van der Waals surface area contributed by atoms with Crippen LogP contribution < -0.4 is 21.3 Å². The number of rotatable bonds is 5. The number of nitrogens with zero attached hydrogens (tertiary/aromatic N) is 2. The van der Waals surface area contributed by atoms with Gasteiger partial charge in [0.1, 0.15) is 11.4 Å². The van der Waals surface area contributed by atoms with Crippen molar-refractivity contribution in [3.8, 4) is 5.75 Å². The fourth-order valence-corrected chi connectivity index (χ4v) is 1.77. The topological polar surface area (TPSA) is 102 Å². The van der Waals surface area contributed by atoms with Gasteiger partial charge in [-0.25, -0.2) is 15.8 Å². The molecule has 1 atom stereocenters. The van der Waals surface area contributed by atoms with E-state index in [1.807, 2.05) is 31.2 Å². The van der Waals surface area contributed by atoms with Gasteiger partial charge in [0.25, 0.3) is 5.91 Å². The standard InChI is InChI=1S/C14H17N5O2/c1-9(10-3-5-11(21-2)6-4-10)18-14(20)12-7-17-13(19-15)8-16-12/h3-9H,15H2,1-2H3,(H,17,19)(H,18,20). The maximum atomic E-state index is 12.1. The molecule has 0 aliphatic heterocycles. The number of aromatic nitrogens is 2. The van der Waals surface area contributed by atoms with Gasteiger partial charge in [0.15, 0.2) is 5.82 Å². The number of nitrogens with one attached hydrogen (secondary N) is 2. The van der Waals surface area contributed by atoms with E-state index in [4.69, 9.17) is 10.6 Å². The summed E-state index contributed by atoms with van der Waals surface area (Å²) in [5.74, 6) is 6.07. The van der Waals surface area contributed by atoms with Crippen LogP contribution in [-0.2, 0) is 0 Å². The highest BCUT2D eigenvalue weighted by molar-refractivity contribution is 5.92. The van der Waals surface area contributed by atoms with Crippen molar-refractivity contribution in [3.63, 3.8) is 0 Å². The van der Waals surface area contributed by atoms with Crippen LogP contribution in [0.1, 0.15) is 29.0 Å². The molecule has 0 spiro atoms. The van der Waals surface area contributed by atoms with E-state index in [-0.39, 0.29) is 17.6 Å². The minimum Gasteiger partial charge on any atom is -0.497 e. The number of anilines is 1. The van der Waals surface area contributed by atoms with Crippen molar-refractivity contribution in [2.75, 3.05) is 12.5 Å². The maximum Gasteiger partial charge on any atom is 0.271 e. The van der Waals surface area contributed by atoms with E-state index in [0.717, 1.165) is 11.3 Å². The first kappa shape index (κ1) is 14.7. The molecule has 0 fully saturated rings. The summed E-state index contributed by atoms with van der Waals surface area (Å²) in [7, 11) is 1.61. The number of ether oxygens (including phenoxy) is 1. The molecule has 2 rings (SSSR count). The Hall–Kier alpha value is -2.67. The van der Waals surface area contributed by atoms with E-state index in [1.165, 1.54) is 12.4 Å². The molecule has 1 unspecified atom stereocenters. The molecule has 7 heteroatoms. The molecule has 2 aromatic rings. The summed E-state index contributed by atoms with van der Waals surface area (Å²) in [6, 6.07) is 7.34. The number of hydrogen-bond donors (Lipinski definition) is 3. The second-order valence-electron chi connectivity index (χ2n) is 4.40. The summed E-state index contributed by atoms with van der Waals surface area (Å²) < 4.78 is 5.10. The second kappa shape index (κ2) is 6.67. The molecular weight excluding hydrogens is 270 g/mol. The number of nitrogens with two attached hydrogens (primary N) is 1. The molecule has 110 valence electrons. The molecule has 0 saturated carbocycles. The molecule has 1 heterocycles. The minimum atomic E-state index is -0.297. The highest BCUT2D eigenvalue weighted by atomic mass is 16.5. The Bertz CT molecular complexity index is 598. The van der Waals surface area contributed by atoms with Gasteiger partial charge in [-0.1, -0.05) is 12.1 Å². The first-order valence-corrected chi connectivity index (χ1v) is 6.37. The zero-order valence-corrected chi connectivity index (χ0v) is 11.8. The highest BCUT2D eigenvalue weighted by Gasteiger charge is 2.13. The first-order chi connectivity index (χ1) is 10.1. The van der Waals surface area contributed by atoms with E-state index in [1.54, 1.807) is 7.11 Å². The maximum absolute atomic E-state index is 12.1. The summed E-state index contributed by atoms with van der Waals surface area (Å²) in [4.78, 5) is 20.0. The van der Waals surface area contributed by atoms with Crippen molar-refractivity contribution in [3.05, 3.63) is 47.9 Å². The largest absolute Gasteiger partial charge is 0.497 e. The molecule has 1 aromatic heterocycles. The Morgan fingerprint density at radius 1 is 1.24 bits per heavy atom. The zero-order chi connectivity index (χ0) is 15.2. The third-order valence-electron chi connectivity index (χ3n) is 3.00. The molecule has 0 saturated heterocycles. The molecule has 4 N–H and O–H groups in total. The van der Waals surface area contributed by atoms with Crippen LogP contribution in [0, 0.1) is 0 Å². The van der Waals surface area contributed by atoms with E-state index in [2.05, 4.69) is 20.7 Å². The number of benzene rings is 1. The van der Waals surface area contributed by atoms with Crippen molar-refractivity contribution in [1.29, 1.82) is 0 Å². The Balaban J connectivity index is 2.03. The van der Waals surface area contributed by atoms with E-state index >= 15 is 0 Å². The lowest BCUT2D eigenvalue weighted by Gasteiger charge is -2.14. The Labute approximate surface area is 122 Å². The molecule has 0 radical (unpaired) electrons. The van der Waals surface area contributed by atoms with Gasteiger partial charge in [0.2, 0.25) is 0 Å². The first-order valence-electron chi connectivity index (χ1n) is 6.37. The number of hydrazine groups is 1. The van der Waals surface area contributed by atoms with Crippen molar-refractivity contribution < 1.29 is 9.53 Å². The van der Waals surface area contributed by atoms with Crippen LogP contribution in [0.3, 0.4) is 0 Å². The van der Waals surface area contributed by atoms with Crippen molar-refractivity contribution in [2.24, 2.45) is 5.84 Å². The van der Waals surface area contributed by atoms with Crippen LogP contribution in [0.2, 0.25) is 0 Å². The average Bonchev–Trinajstić information content (AvgIpc) is 2.55. The number of methoxy groups -OCH3 is 1. The Morgan fingerprint density at radius 2 is 1.95 bits per heavy atom. The molecular formula is C14H17N5O2. The van der Waals surface area contributed by atoms with Gasteiger partial charge in [-0.05, 0) is 24.6 Å². The van der Waals surface area contributed by atoms with Gasteiger partial charge in [-0.15, -0.1) is 0 Å². The number of amides is 1. The minimum absolute atomic E-state index is 0.155. The quantitative estimate of drug-likeness (QED) is 0.565. The van der Waals surface area contributed by atoms with Crippen molar-refractivity contribution in [1.82, 2.24) is 15.3 Å². The van der Waals surface area contributed by atoms with Crippen molar-refractivity contribution >= 4 is 11.7 Å². The lowest BCUT2D eigenvalue weighted by Crippen LogP contribution is -2.27. The van der Waals surface area contributed by atoms with Gasteiger partial charge in [0, 0.05) is 0 Å². The van der Waals surface area contributed by atoms with Gasteiger partial charge in [-0.3, -0.25) is 4.79 Å². The van der Waals surface area contributed by atoms with Gasteiger partial charge in [-0.2, -0.15) is 0 Å². The molecule has 0 aliphatic carbocycles. The third kappa shape index (κ3) is 3.67. The fraction of sp³-hybridized carbons (Fsp3) is 0.214. The Kier molecular flexibility index (Phi) is 4.68. The summed E-state index contributed by atoms with van der Waals surface area (Å²) >= 11 is 0. The van der Waals surface area contributed by atoms with Crippen LogP contribution in [-0.4, -0.2) is 23.0 Å². The predicted molar refractivity (Wildman–Crippen MR) is 78.7 cm³/mol. The molecule has 7 nitrogen and oxygen atoms in total. The molecule has 1 amide bonds. The van der Waals surface area contributed by atoms with Gasteiger partial charge >= 0.3 is 0 Å². The van der Waals surface area contributed by atoms with E-state index in [9.17, 15) is 4.79 Å². The third-order valence-corrected chi connectivity index (χ3v) is 3.00. The normalized spacial score (nSPS) is 11.6. The van der Waals surface area contributed by atoms with Crippen molar-refractivity contribution in [2.45, 2.75) is 13.0 Å². The summed E-state index contributed by atoms with van der Waals surface area (Å²) in [6.45, 7) is 1.89. The summed E-state index contributed by atoms with van der Waals surface area (Å²) in [5, 5.41) is 2.85.